The van der Waals surface area contributed by atoms with Crippen LogP contribution in [0, 0.1) is 12.8 Å². The summed E-state index contributed by atoms with van der Waals surface area (Å²) in [6.45, 7) is 5.50. The number of amides is 1. The van der Waals surface area contributed by atoms with E-state index in [1.165, 1.54) is 19.3 Å². The second-order valence-corrected chi connectivity index (χ2v) is 5.25. The number of anilines is 1. The van der Waals surface area contributed by atoms with Gasteiger partial charge in [0.25, 0.3) is 5.91 Å². The molecule has 1 aromatic heterocycles. The quantitative estimate of drug-likeness (QED) is 0.742. The Hall–Kier alpha value is -1.58. The number of hydrogen-bond acceptors (Lipinski definition) is 3. The molecule has 4 nitrogen and oxygen atoms in total. The highest BCUT2D eigenvalue weighted by Gasteiger charge is 2.20. The lowest BCUT2D eigenvalue weighted by atomic mass is 10.2. The molecule has 0 aliphatic heterocycles. The summed E-state index contributed by atoms with van der Waals surface area (Å²) in [5.41, 5.74) is 1.55. The third kappa shape index (κ3) is 4.54. The lowest BCUT2D eigenvalue weighted by Gasteiger charge is -2.08. The predicted octanol–water partition coefficient (Wildman–Crippen LogP) is 2.74. The van der Waals surface area contributed by atoms with Gasteiger partial charge in [-0.1, -0.05) is 12.8 Å². The second kappa shape index (κ2) is 6.55. The number of rotatable bonds is 7. The largest absolute Gasteiger partial charge is 0.370 e. The summed E-state index contributed by atoms with van der Waals surface area (Å²) in [5, 5.41) is 6.13. The molecule has 1 aliphatic rings. The Morgan fingerprint density at radius 3 is 2.89 bits per heavy atom. The van der Waals surface area contributed by atoms with E-state index in [9.17, 15) is 4.79 Å². The molecule has 0 atom stereocenters. The SMILES string of the molecule is CCNc1cc(C(=O)NCCCC2CC2)cc(C)n1. The molecular formula is C15H23N3O. The smallest absolute Gasteiger partial charge is 0.251 e. The number of carbonyl (C=O) groups is 1. The van der Waals surface area contributed by atoms with Crippen molar-refractivity contribution in [1.29, 1.82) is 0 Å². The van der Waals surface area contributed by atoms with Crippen molar-refractivity contribution in [2.45, 2.75) is 39.5 Å². The van der Waals surface area contributed by atoms with E-state index in [4.69, 9.17) is 0 Å². The van der Waals surface area contributed by atoms with Gasteiger partial charge in [-0.15, -0.1) is 0 Å². The fourth-order valence-electron chi connectivity index (χ4n) is 2.17. The Kier molecular flexibility index (Phi) is 4.77. The monoisotopic (exact) mass is 261 g/mol. The van der Waals surface area contributed by atoms with Gasteiger partial charge < -0.3 is 10.6 Å². The van der Waals surface area contributed by atoms with Crippen LogP contribution in [0.1, 0.15) is 48.7 Å². The lowest BCUT2D eigenvalue weighted by Crippen LogP contribution is -2.24. The molecule has 0 saturated heterocycles. The molecule has 1 aliphatic carbocycles. The first-order valence-corrected chi connectivity index (χ1v) is 7.19. The Morgan fingerprint density at radius 2 is 2.21 bits per heavy atom. The van der Waals surface area contributed by atoms with E-state index < -0.39 is 0 Å². The van der Waals surface area contributed by atoms with Gasteiger partial charge in [0.1, 0.15) is 5.82 Å². The Balaban J connectivity index is 1.85. The molecule has 1 saturated carbocycles. The van der Waals surface area contributed by atoms with Crippen molar-refractivity contribution >= 4 is 11.7 Å². The number of aromatic nitrogens is 1. The predicted molar refractivity (Wildman–Crippen MR) is 77.4 cm³/mol. The van der Waals surface area contributed by atoms with Crippen LogP contribution in [-0.4, -0.2) is 24.0 Å². The first-order chi connectivity index (χ1) is 9.19. The molecule has 1 amide bonds. The maximum absolute atomic E-state index is 12.0. The van der Waals surface area contributed by atoms with Gasteiger partial charge in [-0.25, -0.2) is 4.98 Å². The zero-order valence-corrected chi connectivity index (χ0v) is 11.8. The maximum atomic E-state index is 12.0. The Bertz CT molecular complexity index is 441. The number of hydrogen-bond donors (Lipinski definition) is 2. The summed E-state index contributed by atoms with van der Waals surface area (Å²) in [5.74, 6) is 1.70. The molecule has 0 bridgehead atoms. The third-order valence-electron chi connectivity index (χ3n) is 3.35. The second-order valence-electron chi connectivity index (χ2n) is 5.25. The van der Waals surface area contributed by atoms with Crippen molar-refractivity contribution < 1.29 is 4.79 Å². The Labute approximate surface area is 115 Å². The first-order valence-electron chi connectivity index (χ1n) is 7.19. The molecule has 4 heteroatoms. The van der Waals surface area contributed by atoms with Gasteiger partial charge in [0.15, 0.2) is 0 Å². The van der Waals surface area contributed by atoms with Crippen LogP contribution in [0.4, 0.5) is 5.82 Å². The van der Waals surface area contributed by atoms with E-state index >= 15 is 0 Å². The van der Waals surface area contributed by atoms with Gasteiger partial charge in [0.05, 0.1) is 0 Å². The zero-order chi connectivity index (χ0) is 13.7. The highest BCUT2D eigenvalue weighted by molar-refractivity contribution is 5.94. The fourth-order valence-corrected chi connectivity index (χ4v) is 2.17. The zero-order valence-electron chi connectivity index (χ0n) is 11.8. The molecule has 0 aromatic carbocycles. The first kappa shape index (κ1) is 13.8. The number of aryl methyl sites for hydroxylation is 1. The summed E-state index contributed by atoms with van der Waals surface area (Å²) in [6, 6.07) is 3.64. The minimum absolute atomic E-state index is 0.000417. The molecule has 104 valence electrons. The minimum atomic E-state index is 0.000417. The normalized spacial score (nSPS) is 14.2. The summed E-state index contributed by atoms with van der Waals surface area (Å²) < 4.78 is 0. The lowest BCUT2D eigenvalue weighted by molar-refractivity contribution is 0.0952. The van der Waals surface area contributed by atoms with E-state index in [1.54, 1.807) is 0 Å². The van der Waals surface area contributed by atoms with Gasteiger partial charge in [-0.05, 0) is 44.7 Å². The van der Waals surface area contributed by atoms with E-state index in [0.717, 1.165) is 36.9 Å². The van der Waals surface area contributed by atoms with Crippen molar-refractivity contribution in [3.05, 3.63) is 23.4 Å². The van der Waals surface area contributed by atoms with Crippen molar-refractivity contribution in [3.8, 4) is 0 Å². The highest BCUT2D eigenvalue weighted by atomic mass is 16.1. The number of nitrogens with zero attached hydrogens (tertiary/aromatic N) is 1. The van der Waals surface area contributed by atoms with Gasteiger partial charge >= 0.3 is 0 Å². The number of pyridine rings is 1. The van der Waals surface area contributed by atoms with E-state index in [2.05, 4.69) is 15.6 Å². The van der Waals surface area contributed by atoms with Gasteiger partial charge in [0.2, 0.25) is 0 Å². The fraction of sp³-hybridized carbons (Fsp3) is 0.600. The van der Waals surface area contributed by atoms with Gasteiger partial charge in [0, 0.05) is 24.3 Å². The summed E-state index contributed by atoms with van der Waals surface area (Å²) in [4.78, 5) is 16.4. The van der Waals surface area contributed by atoms with E-state index in [-0.39, 0.29) is 5.91 Å². The molecule has 0 spiro atoms. The van der Waals surface area contributed by atoms with Crippen molar-refractivity contribution in [2.24, 2.45) is 5.92 Å². The molecule has 2 N–H and O–H groups in total. The summed E-state index contributed by atoms with van der Waals surface area (Å²) in [7, 11) is 0. The van der Waals surface area contributed by atoms with E-state index in [0.29, 0.717) is 5.56 Å². The topological polar surface area (TPSA) is 54.0 Å². The van der Waals surface area contributed by atoms with Gasteiger partial charge in [-0.2, -0.15) is 0 Å². The summed E-state index contributed by atoms with van der Waals surface area (Å²) in [6.07, 6.45) is 5.09. The molecule has 0 radical (unpaired) electrons. The minimum Gasteiger partial charge on any atom is -0.370 e. The van der Waals surface area contributed by atoms with Crippen molar-refractivity contribution in [1.82, 2.24) is 10.3 Å². The van der Waals surface area contributed by atoms with Crippen LogP contribution in [0.3, 0.4) is 0 Å². The Morgan fingerprint density at radius 1 is 1.42 bits per heavy atom. The molecule has 19 heavy (non-hydrogen) atoms. The van der Waals surface area contributed by atoms with Crippen LogP contribution in [0.25, 0.3) is 0 Å². The average Bonchev–Trinajstić information content (AvgIpc) is 3.18. The van der Waals surface area contributed by atoms with Crippen molar-refractivity contribution in [2.75, 3.05) is 18.4 Å². The summed E-state index contributed by atoms with van der Waals surface area (Å²) >= 11 is 0. The standard InChI is InChI=1S/C15H23N3O/c1-3-16-14-10-13(9-11(2)18-14)15(19)17-8-4-5-12-6-7-12/h9-10,12H,3-8H2,1-2H3,(H,16,18)(H,17,19). The number of carbonyl (C=O) groups excluding carboxylic acids is 1. The average molecular weight is 261 g/mol. The van der Waals surface area contributed by atoms with Crippen LogP contribution in [-0.2, 0) is 0 Å². The van der Waals surface area contributed by atoms with Crippen molar-refractivity contribution in [3.63, 3.8) is 0 Å². The molecule has 2 rings (SSSR count). The van der Waals surface area contributed by atoms with Crippen LogP contribution in [0.15, 0.2) is 12.1 Å². The van der Waals surface area contributed by atoms with E-state index in [1.807, 2.05) is 26.0 Å². The van der Waals surface area contributed by atoms with Crippen LogP contribution < -0.4 is 10.6 Å². The molecule has 1 fully saturated rings. The maximum Gasteiger partial charge on any atom is 0.251 e. The molecular weight excluding hydrogens is 238 g/mol. The van der Waals surface area contributed by atoms with Gasteiger partial charge in [-0.3, -0.25) is 4.79 Å². The number of nitrogens with one attached hydrogen (secondary N) is 2. The van der Waals surface area contributed by atoms with Crippen LogP contribution >= 0.6 is 0 Å². The molecule has 1 heterocycles. The van der Waals surface area contributed by atoms with Crippen LogP contribution in [0.2, 0.25) is 0 Å². The molecule has 0 unspecified atom stereocenters. The molecule has 1 aromatic rings. The van der Waals surface area contributed by atoms with Crippen LogP contribution in [0.5, 0.6) is 0 Å². The highest BCUT2D eigenvalue weighted by Crippen LogP contribution is 2.33. The third-order valence-corrected chi connectivity index (χ3v) is 3.35.